The summed E-state index contributed by atoms with van der Waals surface area (Å²) >= 11 is 13.8. The Kier molecular flexibility index (Phi) is 7.54. The van der Waals surface area contributed by atoms with Gasteiger partial charge in [-0.1, -0.05) is 36.2 Å². The van der Waals surface area contributed by atoms with Crippen molar-refractivity contribution in [1.29, 1.82) is 0 Å². The van der Waals surface area contributed by atoms with E-state index >= 15 is 0 Å². The lowest BCUT2D eigenvalue weighted by atomic mass is 10.0. The molecule has 0 saturated carbocycles. The Labute approximate surface area is 208 Å². The normalized spacial score (nSPS) is 14.0. The molecule has 3 heterocycles. The van der Waals surface area contributed by atoms with Crippen molar-refractivity contribution in [3.63, 3.8) is 0 Å². The van der Waals surface area contributed by atoms with Gasteiger partial charge in [-0.25, -0.2) is 9.97 Å². The summed E-state index contributed by atoms with van der Waals surface area (Å²) in [6, 6.07) is 5.86. The summed E-state index contributed by atoms with van der Waals surface area (Å²) in [6.07, 6.45) is 6.01. The molecule has 6 nitrogen and oxygen atoms in total. The third-order valence-electron chi connectivity index (χ3n) is 5.87. The lowest BCUT2D eigenvalue weighted by molar-refractivity contribution is -0.126. The van der Waals surface area contributed by atoms with Crippen molar-refractivity contribution in [3.8, 4) is 0 Å². The van der Waals surface area contributed by atoms with Gasteiger partial charge in [0.2, 0.25) is 5.91 Å². The summed E-state index contributed by atoms with van der Waals surface area (Å²) in [6.45, 7) is 9.47. The number of anilines is 2. The second kappa shape index (κ2) is 10.4. The van der Waals surface area contributed by atoms with E-state index in [1.54, 1.807) is 35.9 Å². The smallest absolute Gasteiger partial charge is 0.246 e. The van der Waals surface area contributed by atoms with E-state index in [2.05, 4.69) is 41.0 Å². The summed E-state index contributed by atoms with van der Waals surface area (Å²) < 4.78 is 0. The summed E-state index contributed by atoms with van der Waals surface area (Å²) in [5.74, 6) is 0.794. The standard InChI is InChI=1S/C24H27Cl2N5OS/c1-4-30(15(2)3)10-5-6-21(32)31-11-9-17-20(13-31)33-24-22(17)23(27-14-28-24)29-16-7-8-18(25)19(26)12-16/h5-8,12,14-15H,4,9-11,13H2,1-3H3,(H,27,28,29). The Balaban J connectivity index is 1.52. The minimum atomic E-state index is 0.0538. The number of thiophene rings is 1. The largest absolute Gasteiger partial charge is 0.340 e. The molecule has 2 aromatic heterocycles. The fourth-order valence-corrected chi connectivity index (χ4v) is 5.52. The molecule has 9 heteroatoms. The van der Waals surface area contributed by atoms with Crippen LogP contribution in [0.25, 0.3) is 10.2 Å². The molecule has 0 fully saturated rings. The Morgan fingerprint density at radius 2 is 2.12 bits per heavy atom. The SMILES string of the molecule is CCN(CC=CC(=O)N1CCc2c(sc3ncnc(Nc4ccc(Cl)c(Cl)c4)c23)C1)C(C)C. The summed E-state index contributed by atoms with van der Waals surface area (Å²) in [5, 5.41) is 5.36. The second-order valence-corrected chi connectivity index (χ2v) is 10.2. The molecule has 1 N–H and O–H groups in total. The van der Waals surface area contributed by atoms with Gasteiger partial charge in [0.25, 0.3) is 0 Å². The molecule has 33 heavy (non-hydrogen) atoms. The molecule has 0 radical (unpaired) electrons. The van der Waals surface area contributed by atoms with Gasteiger partial charge >= 0.3 is 0 Å². The van der Waals surface area contributed by atoms with Crippen molar-refractivity contribution in [3.05, 3.63) is 57.2 Å². The van der Waals surface area contributed by atoms with Gasteiger partial charge in [-0.2, -0.15) is 0 Å². The number of rotatable bonds is 7. The van der Waals surface area contributed by atoms with Gasteiger partial charge < -0.3 is 10.2 Å². The molecule has 1 aliphatic heterocycles. The molecule has 0 aliphatic carbocycles. The number of likely N-dealkylation sites (N-methyl/N-ethyl adjacent to an activating group) is 1. The first-order chi connectivity index (χ1) is 15.9. The fourth-order valence-electron chi connectivity index (χ4n) is 4.02. The number of aromatic nitrogens is 2. The van der Waals surface area contributed by atoms with E-state index in [-0.39, 0.29) is 5.91 Å². The zero-order valence-corrected chi connectivity index (χ0v) is 21.3. The lowest BCUT2D eigenvalue weighted by Gasteiger charge is -2.26. The van der Waals surface area contributed by atoms with E-state index in [1.807, 2.05) is 17.0 Å². The molecule has 3 aromatic rings. The highest BCUT2D eigenvalue weighted by molar-refractivity contribution is 7.19. The van der Waals surface area contributed by atoms with Crippen molar-refractivity contribution in [1.82, 2.24) is 19.8 Å². The van der Waals surface area contributed by atoms with Crippen LogP contribution in [0.4, 0.5) is 11.5 Å². The van der Waals surface area contributed by atoms with Crippen molar-refractivity contribution in [2.24, 2.45) is 0 Å². The number of fused-ring (bicyclic) bond motifs is 3. The van der Waals surface area contributed by atoms with E-state index < -0.39 is 0 Å². The topological polar surface area (TPSA) is 61.4 Å². The molecular weight excluding hydrogens is 477 g/mol. The molecule has 0 spiro atoms. The predicted octanol–water partition coefficient (Wildman–Crippen LogP) is 5.91. The first-order valence-electron chi connectivity index (χ1n) is 11.0. The molecule has 174 valence electrons. The zero-order valence-electron chi connectivity index (χ0n) is 18.9. The number of carbonyl (C=O) groups is 1. The van der Waals surface area contributed by atoms with E-state index in [1.165, 1.54) is 5.56 Å². The Morgan fingerprint density at radius 1 is 1.30 bits per heavy atom. The highest BCUT2D eigenvalue weighted by Gasteiger charge is 2.25. The number of hydrogen-bond acceptors (Lipinski definition) is 6. The number of nitrogens with one attached hydrogen (secondary N) is 1. The molecule has 1 aromatic carbocycles. The third-order valence-corrected chi connectivity index (χ3v) is 7.73. The third kappa shape index (κ3) is 5.32. The van der Waals surface area contributed by atoms with Crippen LogP contribution in [-0.4, -0.2) is 51.4 Å². The fraction of sp³-hybridized carbons (Fsp3) is 0.375. The van der Waals surface area contributed by atoms with Gasteiger partial charge in [-0.05, 0) is 50.6 Å². The van der Waals surface area contributed by atoms with Crippen LogP contribution < -0.4 is 5.32 Å². The van der Waals surface area contributed by atoms with Gasteiger partial charge in [0.1, 0.15) is 17.0 Å². The molecule has 4 rings (SSSR count). The number of amides is 1. The van der Waals surface area contributed by atoms with Crippen LogP contribution in [0.1, 0.15) is 31.2 Å². The number of hydrogen-bond donors (Lipinski definition) is 1. The van der Waals surface area contributed by atoms with Gasteiger partial charge in [0, 0.05) is 35.8 Å². The van der Waals surface area contributed by atoms with Crippen LogP contribution in [-0.2, 0) is 17.8 Å². The van der Waals surface area contributed by atoms with Crippen LogP contribution >= 0.6 is 34.5 Å². The second-order valence-electron chi connectivity index (χ2n) is 8.25. The average molecular weight is 504 g/mol. The van der Waals surface area contributed by atoms with Crippen molar-refractivity contribution < 1.29 is 4.79 Å². The van der Waals surface area contributed by atoms with Gasteiger partial charge in [0.05, 0.1) is 22.0 Å². The average Bonchev–Trinajstić information content (AvgIpc) is 3.17. The van der Waals surface area contributed by atoms with Gasteiger partial charge in [-0.15, -0.1) is 11.3 Å². The number of nitrogens with zero attached hydrogens (tertiary/aromatic N) is 4. The minimum absolute atomic E-state index is 0.0538. The van der Waals surface area contributed by atoms with Crippen molar-refractivity contribution in [2.75, 3.05) is 25.0 Å². The van der Waals surface area contributed by atoms with Gasteiger partial charge in [-0.3, -0.25) is 9.69 Å². The number of carbonyl (C=O) groups excluding carboxylic acids is 1. The van der Waals surface area contributed by atoms with Crippen LogP contribution in [0.5, 0.6) is 0 Å². The molecule has 0 saturated heterocycles. The van der Waals surface area contributed by atoms with Crippen LogP contribution in [0.2, 0.25) is 10.0 Å². The maximum absolute atomic E-state index is 12.8. The van der Waals surface area contributed by atoms with Gasteiger partial charge in [0.15, 0.2) is 0 Å². The van der Waals surface area contributed by atoms with E-state index in [4.69, 9.17) is 23.2 Å². The Bertz CT molecular complexity index is 1190. The van der Waals surface area contributed by atoms with Crippen LogP contribution in [0, 0.1) is 0 Å². The molecule has 1 aliphatic rings. The number of benzene rings is 1. The first-order valence-corrected chi connectivity index (χ1v) is 12.6. The number of halogens is 2. The lowest BCUT2D eigenvalue weighted by Crippen LogP contribution is -2.34. The predicted molar refractivity (Wildman–Crippen MR) is 138 cm³/mol. The molecular formula is C24H27Cl2N5OS. The van der Waals surface area contributed by atoms with Crippen molar-refractivity contribution in [2.45, 2.75) is 39.8 Å². The minimum Gasteiger partial charge on any atom is -0.340 e. The highest BCUT2D eigenvalue weighted by atomic mass is 35.5. The maximum Gasteiger partial charge on any atom is 0.246 e. The van der Waals surface area contributed by atoms with E-state index in [9.17, 15) is 4.79 Å². The summed E-state index contributed by atoms with van der Waals surface area (Å²) in [4.78, 5) is 28.0. The van der Waals surface area contributed by atoms with Crippen LogP contribution in [0.3, 0.4) is 0 Å². The zero-order chi connectivity index (χ0) is 23.5. The van der Waals surface area contributed by atoms with Crippen molar-refractivity contribution >= 4 is 62.2 Å². The van der Waals surface area contributed by atoms with Crippen LogP contribution in [0.15, 0.2) is 36.7 Å². The quantitative estimate of drug-likeness (QED) is 0.405. The molecule has 0 bridgehead atoms. The first kappa shape index (κ1) is 24.0. The van der Waals surface area contributed by atoms with E-state index in [0.29, 0.717) is 29.2 Å². The molecule has 1 amide bonds. The Morgan fingerprint density at radius 3 is 2.85 bits per heavy atom. The summed E-state index contributed by atoms with van der Waals surface area (Å²) in [5.41, 5.74) is 2.02. The maximum atomic E-state index is 12.8. The van der Waals surface area contributed by atoms with E-state index in [0.717, 1.165) is 46.1 Å². The summed E-state index contributed by atoms with van der Waals surface area (Å²) in [7, 11) is 0. The highest BCUT2D eigenvalue weighted by Crippen LogP contribution is 2.38. The molecule has 0 unspecified atom stereocenters. The Hall–Kier alpha value is -2.19. The molecule has 0 atom stereocenters. The monoisotopic (exact) mass is 503 g/mol.